The maximum atomic E-state index is 12.3. The highest BCUT2D eigenvalue weighted by Gasteiger charge is 2.19. The molecule has 0 aliphatic carbocycles. The molecule has 0 fully saturated rings. The van der Waals surface area contributed by atoms with Gasteiger partial charge in [-0.1, -0.05) is 50.3 Å². The number of carbonyl (C=O) groups is 4. The van der Waals surface area contributed by atoms with Gasteiger partial charge in [0.1, 0.15) is 29.6 Å². The lowest BCUT2D eigenvalue weighted by Gasteiger charge is -2.16. The van der Waals surface area contributed by atoms with Gasteiger partial charge in [0.2, 0.25) is 0 Å². The highest BCUT2D eigenvalue weighted by molar-refractivity contribution is 5.88. The molecule has 3 rings (SSSR count). The van der Waals surface area contributed by atoms with Crippen LogP contribution in [0.4, 0.5) is 0 Å². The van der Waals surface area contributed by atoms with Gasteiger partial charge in [-0.2, -0.15) is 0 Å². The van der Waals surface area contributed by atoms with Gasteiger partial charge in [0, 0.05) is 46.9 Å². The van der Waals surface area contributed by atoms with Crippen LogP contribution in [0.3, 0.4) is 0 Å². The van der Waals surface area contributed by atoms with E-state index in [9.17, 15) is 19.2 Å². The summed E-state index contributed by atoms with van der Waals surface area (Å²) in [5, 5.41) is 0. The molecule has 0 saturated heterocycles. The van der Waals surface area contributed by atoms with Crippen LogP contribution < -0.4 is 18.9 Å². The number of carbonyl (C=O) groups excluding carboxylic acids is 4. The fourth-order valence-electron chi connectivity index (χ4n) is 3.90. The van der Waals surface area contributed by atoms with Gasteiger partial charge < -0.3 is 23.7 Å². The van der Waals surface area contributed by atoms with Crippen molar-refractivity contribution in [1.82, 2.24) is 0 Å². The van der Waals surface area contributed by atoms with Crippen LogP contribution in [0, 0.1) is 18.8 Å². The number of hydrogen-bond donors (Lipinski definition) is 0. The smallest absolute Gasteiger partial charge is 0.335 e. The molecule has 0 N–H and O–H groups in total. The average molecular weight is 647 g/mol. The lowest BCUT2D eigenvalue weighted by molar-refractivity contribution is -0.139. The molecule has 0 unspecified atom stereocenters. The van der Waals surface area contributed by atoms with Gasteiger partial charge >= 0.3 is 23.9 Å². The van der Waals surface area contributed by atoms with Crippen molar-refractivity contribution in [2.75, 3.05) is 13.2 Å². The van der Waals surface area contributed by atoms with Crippen molar-refractivity contribution < 1.29 is 42.9 Å². The number of ether oxygens (including phenoxy) is 5. The first-order valence-corrected chi connectivity index (χ1v) is 14.6. The van der Waals surface area contributed by atoms with E-state index < -0.39 is 23.9 Å². The summed E-state index contributed by atoms with van der Waals surface area (Å²) in [7, 11) is 0. The van der Waals surface area contributed by atoms with Crippen molar-refractivity contribution in [2.24, 2.45) is 0 Å². The molecule has 0 spiro atoms. The van der Waals surface area contributed by atoms with E-state index in [0.717, 1.165) is 23.8 Å². The SMILES string of the molecule is C=CC(=O)Oc1ccc(C#Cc2cc(OC(=O)C=C)c(/C=C/COc3ccc(CCOC(=O)C(=C)C)cc3)c(OC(=O)C=C)c2C)cc1. The van der Waals surface area contributed by atoms with E-state index in [0.29, 0.717) is 45.7 Å². The first-order chi connectivity index (χ1) is 23.0. The third-order valence-corrected chi connectivity index (χ3v) is 6.38. The van der Waals surface area contributed by atoms with E-state index in [1.807, 2.05) is 12.1 Å². The van der Waals surface area contributed by atoms with Gasteiger partial charge in [0.05, 0.1) is 12.2 Å². The molecule has 244 valence electrons. The third kappa shape index (κ3) is 10.9. The third-order valence-electron chi connectivity index (χ3n) is 6.38. The number of esters is 4. The van der Waals surface area contributed by atoms with Crippen LogP contribution >= 0.6 is 0 Å². The molecule has 9 nitrogen and oxygen atoms in total. The monoisotopic (exact) mass is 646 g/mol. The second-order valence-electron chi connectivity index (χ2n) is 9.96. The van der Waals surface area contributed by atoms with Gasteiger partial charge in [0.25, 0.3) is 0 Å². The molecular formula is C39H34O9. The Morgan fingerprint density at radius 3 is 2.02 bits per heavy atom. The van der Waals surface area contributed by atoms with Crippen LogP contribution in [0.25, 0.3) is 6.08 Å². The Hall–Kier alpha value is -6.40. The van der Waals surface area contributed by atoms with Crippen LogP contribution in [0.5, 0.6) is 23.0 Å². The molecule has 3 aromatic rings. The second kappa shape index (κ2) is 17.9. The van der Waals surface area contributed by atoms with Crippen molar-refractivity contribution in [2.45, 2.75) is 20.3 Å². The quantitative estimate of drug-likeness (QED) is 0.0847. The predicted molar refractivity (Wildman–Crippen MR) is 182 cm³/mol. The molecule has 3 aromatic carbocycles. The summed E-state index contributed by atoms with van der Waals surface area (Å²) in [5.74, 6) is 4.65. The normalized spacial score (nSPS) is 10.1. The average Bonchev–Trinajstić information content (AvgIpc) is 3.09. The van der Waals surface area contributed by atoms with E-state index >= 15 is 0 Å². The van der Waals surface area contributed by atoms with Gasteiger partial charge in [-0.3, -0.25) is 0 Å². The summed E-state index contributed by atoms with van der Waals surface area (Å²) in [4.78, 5) is 47.6. The minimum Gasteiger partial charge on any atom is -0.490 e. The number of benzene rings is 3. The Balaban J connectivity index is 1.86. The molecule has 0 aromatic heterocycles. The van der Waals surface area contributed by atoms with E-state index in [2.05, 4.69) is 38.2 Å². The summed E-state index contributed by atoms with van der Waals surface area (Å²) in [5.41, 5.74) is 3.11. The number of hydrogen-bond acceptors (Lipinski definition) is 9. The summed E-state index contributed by atoms with van der Waals surface area (Å²) in [6.45, 7) is 17.5. The standard InChI is InChI=1S/C39H34O9/c1-7-35(40)46-32-20-15-28(16-21-32)12-17-30-25-34(47-36(41)8-2)33(38(27(30)6)48-37(42)9-3)11-10-23-44-31-18-13-29(14-19-31)22-24-45-39(43)26(4)5/h7-11,13-16,18-21,25H,1-4,22-24H2,5-6H3/b11-10+. The van der Waals surface area contributed by atoms with Gasteiger partial charge in [-0.15, -0.1) is 0 Å². The number of rotatable bonds is 14. The Bertz CT molecular complexity index is 1820. The maximum absolute atomic E-state index is 12.3. The largest absolute Gasteiger partial charge is 0.490 e. The fraction of sp³-hybridized carbons (Fsp3) is 0.128. The minimum absolute atomic E-state index is 0.0706. The predicted octanol–water partition coefficient (Wildman–Crippen LogP) is 6.42. The highest BCUT2D eigenvalue weighted by Crippen LogP contribution is 2.36. The summed E-state index contributed by atoms with van der Waals surface area (Å²) < 4.78 is 27.2. The van der Waals surface area contributed by atoms with Crippen LogP contribution in [-0.4, -0.2) is 37.1 Å². The zero-order valence-corrected chi connectivity index (χ0v) is 26.7. The maximum Gasteiger partial charge on any atom is 0.335 e. The zero-order valence-electron chi connectivity index (χ0n) is 26.7. The Kier molecular flexibility index (Phi) is 13.5. The van der Waals surface area contributed by atoms with E-state index in [4.69, 9.17) is 23.7 Å². The molecule has 0 heterocycles. The van der Waals surface area contributed by atoms with Gasteiger partial charge in [0.15, 0.2) is 0 Å². The van der Waals surface area contributed by atoms with Crippen molar-refractivity contribution >= 4 is 30.0 Å². The molecule has 0 bridgehead atoms. The minimum atomic E-state index is -0.733. The Morgan fingerprint density at radius 1 is 0.792 bits per heavy atom. The van der Waals surface area contributed by atoms with Crippen molar-refractivity contribution in [3.8, 4) is 34.8 Å². The fourth-order valence-corrected chi connectivity index (χ4v) is 3.90. The summed E-state index contributed by atoms with van der Waals surface area (Å²) in [6, 6.07) is 15.4. The summed E-state index contributed by atoms with van der Waals surface area (Å²) in [6.07, 6.45) is 6.89. The van der Waals surface area contributed by atoms with Crippen LogP contribution in [0.1, 0.15) is 34.7 Å². The molecule has 0 radical (unpaired) electrons. The first-order valence-electron chi connectivity index (χ1n) is 14.6. The molecule has 0 saturated carbocycles. The second-order valence-corrected chi connectivity index (χ2v) is 9.96. The van der Waals surface area contributed by atoms with E-state index in [-0.39, 0.29) is 24.7 Å². The summed E-state index contributed by atoms with van der Waals surface area (Å²) >= 11 is 0. The molecule has 9 heteroatoms. The van der Waals surface area contributed by atoms with E-state index in [1.165, 1.54) is 0 Å². The first kappa shape index (κ1) is 36.1. The zero-order chi connectivity index (χ0) is 35.1. The van der Waals surface area contributed by atoms with Crippen LogP contribution in [-0.2, 0) is 30.3 Å². The lowest BCUT2D eigenvalue weighted by Crippen LogP contribution is -2.10. The lowest BCUT2D eigenvalue weighted by atomic mass is 10.0. The van der Waals surface area contributed by atoms with Crippen LogP contribution in [0.15, 0.2) is 111 Å². The highest BCUT2D eigenvalue weighted by atomic mass is 16.6. The van der Waals surface area contributed by atoms with Gasteiger partial charge in [-0.25, -0.2) is 19.2 Å². The molecular weight excluding hydrogens is 612 g/mol. The molecule has 0 amide bonds. The van der Waals surface area contributed by atoms with E-state index in [1.54, 1.807) is 68.5 Å². The molecule has 48 heavy (non-hydrogen) atoms. The molecule has 0 aliphatic heterocycles. The van der Waals surface area contributed by atoms with Crippen molar-refractivity contribution in [3.63, 3.8) is 0 Å². The molecule has 0 aliphatic rings. The Morgan fingerprint density at radius 2 is 1.40 bits per heavy atom. The van der Waals surface area contributed by atoms with Crippen LogP contribution in [0.2, 0.25) is 0 Å². The van der Waals surface area contributed by atoms with Crippen molar-refractivity contribution in [1.29, 1.82) is 0 Å². The topological polar surface area (TPSA) is 114 Å². The van der Waals surface area contributed by atoms with Crippen molar-refractivity contribution in [3.05, 3.63) is 139 Å². The van der Waals surface area contributed by atoms with Gasteiger partial charge in [-0.05, 0) is 74.0 Å². The molecule has 0 atom stereocenters. The Labute approximate surface area is 279 Å².